The van der Waals surface area contributed by atoms with Crippen molar-refractivity contribution in [3.63, 3.8) is 0 Å². The summed E-state index contributed by atoms with van der Waals surface area (Å²) in [6.45, 7) is 8.18. The van der Waals surface area contributed by atoms with Crippen molar-refractivity contribution in [3.05, 3.63) is 35.4 Å². The number of hydrogen-bond acceptors (Lipinski definition) is 1. The van der Waals surface area contributed by atoms with E-state index in [0.29, 0.717) is 0 Å². The van der Waals surface area contributed by atoms with E-state index in [-0.39, 0.29) is 11.2 Å². The molecule has 0 saturated heterocycles. The Labute approximate surface area is 92.5 Å². The summed E-state index contributed by atoms with van der Waals surface area (Å²) in [5.41, 5.74) is 1.71. The van der Waals surface area contributed by atoms with Crippen molar-refractivity contribution < 1.29 is 4.79 Å². The topological polar surface area (TPSA) is 17.1 Å². The van der Waals surface area contributed by atoms with Gasteiger partial charge in [-0.05, 0) is 18.9 Å². The van der Waals surface area contributed by atoms with Gasteiger partial charge in [0.15, 0.2) is 5.78 Å². The lowest BCUT2D eigenvalue weighted by molar-refractivity contribution is 0.0824. The monoisotopic (exact) mass is 204 g/mol. The molecule has 82 valence electrons. The molecule has 0 unspecified atom stereocenters. The van der Waals surface area contributed by atoms with E-state index in [1.165, 1.54) is 0 Å². The molecule has 1 heteroatoms. The second kappa shape index (κ2) is 4.61. The predicted octanol–water partition coefficient (Wildman–Crippen LogP) is 4.00. The summed E-state index contributed by atoms with van der Waals surface area (Å²) in [7, 11) is 0. The van der Waals surface area contributed by atoms with Crippen LogP contribution in [0, 0.1) is 12.3 Å². The van der Waals surface area contributed by atoms with Crippen molar-refractivity contribution in [2.75, 3.05) is 0 Å². The molecule has 0 saturated carbocycles. The van der Waals surface area contributed by atoms with Crippen LogP contribution in [0.1, 0.15) is 49.5 Å². The van der Waals surface area contributed by atoms with E-state index in [1.807, 2.05) is 45.0 Å². The molecule has 0 heterocycles. The van der Waals surface area contributed by atoms with Crippen LogP contribution < -0.4 is 0 Å². The molecule has 0 aromatic heterocycles. The van der Waals surface area contributed by atoms with Crippen LogP contribution >= 0.6 is 0 Å². The van der Waals surface area contributed by atoms with Gasteiger partial charge in [0.05, 0.1) is 0 Å². The molecule has 1 aromatic carbocycles. The van der Waals surface area contributed by atoms with E-state index in [4.69, 9.17) is 0 Å². The molecule has 0 aliphatic carbocycles. The summed E-state index contributed by atoms with van der Waals surface area (Å²) in [5, 5.41) is 0. The van der Waals surface area contributed by atoms with E-state index in [9.17, 15) is 4.79 Å². The predicted molar refractivity (Wildman–Crippen MR) is 64.2 cm³/mol. The van der Waals surface area contributed by atoms with Gasteiger partial charge in [-0.2, -0.15) is 0 Å². The Hall–Kier alpha value is -1.11. The fraction of sp³-hybridized carbons (Fsp3) is 0.500. The Balaban J connectivity index is 2.99. The summed E-state index contributed by atoms with van der Waals surface area (Å²) in [4.78, 5) is 12.3. The zero-order valence-electron chi connectivity index (χ0n) is 10.1. The largest absolute Gasteiger partial charge is 0.294 e. The molecule has 0 amide bonds. The first-order valence-corrected chi connectivity index (χ1v) is 5.59. The highest BCUT2D eigenvalue weighted by atomic mass is 16.1. The lowest BCUT2D eigenvalue weighted by Crippen LogP contribution is -2.24. The van der Waals surface area contributed by atoms with Crippen LogP contribution in [-0.2, 0) is 0 Å². The van der Waals surface area contributed by atoms with Gasteiger partial charge in [0.25, 0.3) is 0 Å². The van der Waals surface area contributed by atoms with E-state index >= 15 is 0 Å². The minimum Gasteiger partial charge on any atom is -0.294 e. The van der Waals surface area contributed by atoms with Crippen molar-refractivity contribution in [2.45, 2.75) is 40.5 Å². The smallest absolute Gasteiger partial charge is 0.168 e. The quantitative estimate of drug-likeness (QED) is 0.677. The average Bonchev–Trinajstić information content (AvgIpc) is 2.17. The van der Waals surface area contributed by atoms with Crippen molar-refractivity contribution in [1.29, 1.82) is 0 Å². The summed E-state index contributed by atoms with van der Waals surface area (Å²) in [6, 6.07) is 7.82. The maximum Gasteiger partial charge on any atom is 0.168 e. The van der Waals surface area contributed by atoms with Crippen molar-refractivity contribution in [3.8, 4) is 0 Å². The number of Topliss-reactive ketones (excluding diaryl/α,β-unsaturated/α-hetero) is 1. The van der Waals surface area contributed by atoms with E-state index in [2.05, 4.69) is 6.92 Å². The standard InChI is InChI=1S/C14H20O/c1-5-10-14(3,4)13(15)12-9-7-6-8-11(12)2/h6-9H,5,10H2,1-4H3. The van der Waals surface area contributed by atoms with Crippen LogP contribution in [0.4, 0.5) is 0 Å². The second-order valence-corrected chi connectivity index (χ2v) is 4.78. The maximum absolute atomic E-state index is 12.3. The molecule has 0 spiro atoms. The molecular weight excluding hydrogens is 184 g/mol. The third-order valence-electron chi connectivity index (χ3n) is 2.88. The molecule has 15 heavy (non-hydrogen) atoms. The molecule has 1 nitrogen and oxygen atoms in total. The first-order valence-electron chi connectivity index (χ1n) is 5.59. The van der Waals surface area contributed by atoms with Crippen LogP contribution in [0.5, 0.6) is 0 Å². The number of benzene rings is 1. The minimum atomic E-state index is -0.235. The summed E-state index contributed by atoms with van der Waals surface area (Å²) in [6.07, 6.45) is 1.99. The van der Waals surface area contributed by atoms with Crippen LogP contribution in [0.25, 0.3) is 0 Å². The first kappa shape index (κ1) is 12.0. The first-order chi connectivity index (χ1) is 6.99. The Bertz CT molecular complexity index is 350. The fourth-order valence-corrected chi connectivity index (χ4v) is 1.93. The van der Waals surface area contributed by atoms with Crippen LogP contribution in [0.15, 0.2) is 24.3 Å². The van der Waals surface area contributed by atoms with Crippen LogP contribution in [0.2, 0.25) is 0 Å². The molecular formula is C14H20O. The third-order valence-corrected chi connectivity index (χ3v) is 2.88. The Morgan fingerprint density at radius 1 is 1.27 bits per heavy atom. The van der Waals surface area contributed by atoms with Gasteiger partial charge in [0, 0.05) is 11.0 Å². The van der Waals surface area contributed by atoms with Gasteiger partial charge in [-0.25, -0.2) is 0 Å². The number of hydrogen-bond donors (Lipinski definition) is 0. The van der Waals surface area contributed by atoms with Crippen LogP contribution in [0.3, 0.4) is 0 Å². The lowest BCUT2D eigenvalue weighted by Gasteiger charge is -2.23. The number of carbonyl (C=O) groups is 1. The average molecular weight is 204 g/mol. The number of ketones is 1. The van der Waals surface area contributed by atoms with Crippen molar-refractivity contribution in [2.24, 2.45) is 5.41 Å². The summed E-state index contributed by atoms with van der Waals surface area (Å²) in [5.74, 6) is 0.266. The molecule has 0 aliphatic rings. The van der Waals surface area contributed by atoms with Gasteiger partial charge in [-0.3, -0.25) is 4.79 Å². The minimum absolute atomic E-state index is 0.235. The van der Waals surface area contributed by atoms with E-state index in [0.717, 1.165) is 24.0 Å². The zero-order chi connectivity index (χ0) is 11.5. The Morgan fingerprint density at radius 3 is 2.40 bits per heavy atom. The number of carbonyl (C=O) groups excluding carboxylic acids is 1. The molecule has 0 fully saturated rings. The normalized spacial score (nSPS) is 11.5. The van der Waals surface area contributed by atoms with Gasteiger partial charge in [-0.15, -0.1) is 0 Å². The second-order valence-electron chi connectivity index (χ2n) is 4.78. The van der Waals surface area contributed by atoms with Crippen LogP contribution in [-0.4, -0.2) is 5.78 Å². The van der Waals surface area contributed by atoms with Crippen molar-refractivity contribution in [1.82, 2.24) is 0 Å². The SMILES string of the molecule is CCCC(C)(C)C(=O)c1ccccc1C. The summed E-state index contributed by atoms with van der Waals surface area (Å²) < 4.78 is 0. The number of aryl methyl sites for hydroxylation is 1. The van der Waals surface area contributed by atoms with E-state index < -0.39 is 0 Å². The van der Waals surface area contributed by atoms with Gasteiger partial charge < -0.3 is 0 Å². The van der Waals surface area contributed by atoms with E-state index in [1.54, 1.807) is 0 Å². The molecule has 1 rings (SSSR count). The molecule has 1 aromatic rings. The molecule has 0 aliphatic heterocycles. The Kier molecular flexibility index (Phi) is 3.67. The lowest BCUT2D eigenvalue weighted by atomic mass is 9.79. The van der Waals surface area contributed by atoms with Crippen molar-refractivity contribution >= 4 is 5.78 Å². The highest BCUT2D eigenvalue weighted by Crippen LogP contribution is 2.28. The highest BCUT2D eigenvalue weighted by molar-refractivity contribution is 6.01. The molecule has 0 atom stereocenters. The van der Waals surface area contributed by atoms with Gasteiger partial charge in [0.2, 0.25) is 0 Å². The maximum atomic E-state index is 12.3. The summed E-state index contributed by atoms with van der Waals surface area (Å²) >= 11 is 0. The zero-order valence-corrected chi connectivity index (χ0v) is 10.1. The molecule has 0 radical (unpaired) electrons. The molecule has 0 bridgehead atoms. The number of rotatable bonds is 4. The Morgan fingerprint density at radius 2 is 1.87 bits per heavy atom. The highest BCUT2D eigenvalue weighted by Gasteiger charge is 2.28. The third kappa shape index (κ3) is 2.68. The molecule has 0 N–H and O–H groups in total. The van der Waals surface area contributed by atoms with Gasteiger partial charge in [-0.1, -0.05) is 51.5 Å². The van der Waals surface area contributed by atoms with Gasteiger partial charge >= 0.3 is 0 Å². The van der Waals surface area contributed by atoms with Gasteiger partial charge in [0.1, 0.15) is 0 Å². The fourth-order valence-electron chi connectivity index (χ4n) is 1.93.